The Morgan fingerprint density at radius 1 is 1.35 bits per heavy atom. The van der Waals surface area contributed by atoms with E-state index in [9.17, 15) is 4.79 Å². The first-order valence-electron chi connectivity index (χ1n) is 10.6. The summed E-state index contributed by atoms with van der Waals surface area (Å²) in [5.74, 6) is 0.522. The first-order valence-corrected chi connectivity index (χ1v) is 10.6. The highest BCUT2D eigenvalue weighted by Gasteiger charge is 2.35. The minimum Gasteiger partial charge on any atom is -0.396 e. The van der Waals surface area contributed by atoms with Crippen molar-refractivity contribution < 1.29 is 4.79 Å². The van der Waals surface area contributed by atoms with Crippen molar-refractivity contribution in [3.05, 3.63) is 53.5 Å². The molecule has 0 saturated heterocycles. The molecule has 0 bridgehead atoms. The average Bonchev–Trinajstić information content (AvgIpc) is 2.97. The number of aliphatic imine (C=N–C) groups is 1. The lowest BCUT2D eigenvalue weighted by Crippen LogP contribution is -2.28. The highest BCUT2D eigenvalue weighted by molar-refractivity contribution is 6.06. The van der Waals surface area contributed by atoms with Crippen molar-refractivity contribution in [3.63, 3.8) is 0 Å². The van der Waals surface area contributed by atoms with E-state index in [1.165, 1.54) is 6.20 Å². The average molecular weight is 423 g/mol. The zero-order valence-electron chi connectivity index (χ0n) is 19.2. The summed E-state index contributed by atoms with van der Waals surface area (Å²) in [7, 11) is 4.05. The minimum absolute atomic E-state index is 0.0856. The summed E-state index contributed by atoms with van der Waals surface area (Å²) in [6, 6.07) is 3.86. The molecule has 1 aliphatic carbocycles. The van der Waals surface area contributed by atoms with E-state index in [1.54, 1.807) is 0 Å². The number of nitrogens with one attached hydrogen (secondary N) is 1. The standard InChI is InChI=1S/C24H34N6O/c1-7-27-23(26)16-8-9-17(22(21(16)25)28-10-11-29(5)6)30-14-15(2)20-18(30)12-24(3,4)13-19(20)31/h7-9,14,28H,1,10-13,25H2,2-6H3,(H2,26,27). The zero-order valence-corrected chi connectivity index (χ0v) is 19.2. The first kappa shape index (κ1) is 22.6. The maximum Gasteiger partial charge on any atom is 0.165 e. The molecule has 31 heavy (non-hydrogen) atoms. The fourth-order valence-electron chi connectivity index (χ4n) is 4.28. The second-order valence-corrected chi connectivity index (χ2v) is 9.29. The van der Waals surface area contributed by atoms with Crippen LogP contribution in [0.1, 0.15) is 47.4 Å². The van der Waals surface area contributed by atoms with Crippen LogP contribution in [0.3, 0.4) is 0 Å². The lowest BCUT2D eigenvalue weighted by atomic mass is 9.75. The number of hydrogen-bond acceptors (Lipinski definition) is 5. The maximum absolute atomic E-state index is 12.9. The molecule has 0 amide bonds. The second-order valence-electron chi connectivity index (χ2n) is 9.29. The Morgan fingerprint density at radius 2 is 2.06 bits per heavy atom. The number of Topliss-reactive ketones (excluding diaryl/α,β-unsaturated/α-hetero) is 1. The number of nitrogens with zero attached hydrogens (tertiary/aromatic N) is 3. The number of nitrogens with two attached hydrogens (primary N) is 2. The number of aryl methyl sites for hydroxylation is 1. The summed E-state index contributed by atoms with van der Waals surface area (Å²) in [5, 5.41) is 3.49. The lowest BCUT2D eigenvalue weighted by Gasteiger charge is -2.30. The van der Waals surface area contributed by atoms with Gasteiger partial charge in [0.05, 0.1) is 17.1 Å². The fourth-order valence-corrected chi connectivity index (χ4v) is 4.28. The minimum atomic E-state index is -0.0856. The molecule has 3 rings (SSSR count). The molecule has 2 aromatic rings. The van der Waals surface area contributed by atoms with Gasteiger partial charge in [0, 0.05) is 48.7 Å². The van der Waals surface area contributed by atoms with Gasteiger partial charge in [-0.15, -0.1) is 0 Å². The van der Waals surface area contributed by atoms with E-state index in [0.29, 0.717) is 30.1 Å². The van der Waals surface area contributed by atoms with Crippen molar-refractivity contribution in [3.8, 4) is 5.69 Å². The van der Waals surface area contributed by atoms with Gasteiger partial charge in [-0.25, -0.2) is 4.99 Å². The first-order chi connectivity index (χ1) is 14.6. The van der Waals surface area contributed by atoms with Crippen LogP contribution in [0.25, 0.3) is 5.69 Å². The van der Waals surface area contributed by atoms with Crippen LogP contribution in [-0.4, -0.2) is 48.3 Å². The molecule has 0 saturated carbocycles. The van der Waals surface area contributed by atoms with Gasteiger partial charge in [0.25, 0.3) is 0 Å². The monoisotopic (exact) mass is 422 g/mol. The van der Waals surface area contributed by atoms with Gasteiger partial charge in [0.1, 0.15) is 5.84 Å². The van der Waals surface area contributed by atoms with E-state index in [0.717, 1.165) is 41.2 Å². The predicted molar refractivity (Wildman–Crippen MR) is 129 cm³/mol. The molecule has 1 aromatic carbocycles. The van der Waals surface area contributed by atoms with E-state index >= 15 is 0 Å². The van der Waals surface area contributed by atoms with Crippen molar-refractivity contribution in [1.82, 2.24) is 9.47 Å². The van der Waals surface area contributed by atoms with E-state index in [4.69, 9.17) is 11.5 Å². The normalized spacial score (nSPS) is 15.8. The number of aromatic nitrogens is 1. The van der Waals surface area contributed by atoms with E-state index in [-0.39, 0.29) is 11.2 Å². The smallest absolute Gasteiger partial charge is 0.165 e. The van der Waals surface area contributed by atoms with Gasteiger partial charge in [-0.05, 0) is 50.6 Å². The Bertz CT molecular complexity index is 1040. The number of benzene rings is 1. The van der Waals surface area contributed by atoms with Crippen molar-refractivity contribution in [2.45, 2.75) is 33.6 Å². The number of amidine groups is 1. The van der Waals surface area contributed by atoms with Crippen LogP contribution in [0.15, 0.2) is 36.1 Å². The molecule has 1 heterocycles. The highest BCUT2D eigenvalue weighted by Crippen LogP contribution is 2.40. The predicted octanol–water partition coefficient (Wildman–Crippen LogP) is 3.35. The summed E-state index contributed by atoms with van der Waals surface area (Å²) in [6.45, 7) is 11.4. The zero-order chi connectivity index (χ0) is 22.9. The van der Waals surface area contributed by atoms with Gasteiger partial charge >= 0.3 is 0 Å². The lowest BCUT2D eigenvalue weighted by molar-refractivity contribution is 0.0910. The molecular formula is C24H34N6O. The largest absolute Gasteiger partial charge is 0.396 e. The van der Waals surface area contributed by atoms with E-state index in [1.807, 2.05) is 39.3 Å². The summed E-state index contributed by atoms with van der Waals surface area (Å²) < 4.78 is 2.11. The molecule has 0 unspecified atom stereocenters. The van der Waals surface area contributed by atoms with Gasteiger partial charge < -0.3 is 26.3 Å². The van der Waals surface area contributed by atoms with Crippen molar-refractivity contribution in [1.29, 1.82) is 0 Å². The number of ketones is 1. The molecule has 0 atom stereocenters. The van der Waals surface area contributed by atoms with Crippen LogP contribution in [0.2, 0.25) is 0 Å². The van der Waals surface area contributed by atoms with Crippen LogP contribution >= 0.6 is 0 Å². The number of anilines is 2. The highest BCUT2D eigenvalue weighted by atomic mass is 16.1. The third kappa shape index (κ3) is 4.51. The molecule has 0 fully saturated rings. The Morgan fingerprint density at radius 3 is 2.71 bits per heavy atom. The Labute approximate surface area is 184 Å². The molecule has 7 heteroatoms. The quantitative estimate of drug-likeness (QED) is 0.361. The number of nitrogen functional groups attached to an aromatic ring is 1. The van der Waals surface area contributed by atoms with E-state index < -0.39 is 0 Å². The third-order valence-corrected chi connectivity index (χ3v) is 5.71. The second kappa shape index (κ2) is 8.59. The van der Waals surface area contributed by atoms with E-state index in [2.05, 4.69) is 40.2 Å². The van der Waals surface area contributed by atoms with Crippen LogP contribution in [-0.2, 0) is 6.42 Å². The van der Waals surface area contributed by atoms with Crippen LogP contribution in [0.4, 0.5) is 11.4 Å². The number of carbonyl (C=O) groups excluding carboxylic acids is 1. The molecule has 166 valence electrons. The SMILES string of the molecule is C=CN=C(N)c1ccc(-n2cc(C)c3c2CC(C)(C)CC3=O)c(NCCN(C)C)c1N. The topological polar surface area (TPSA) is 102 Å². The number of likely N-dealkylation sites (N-methyl/N-ethyl adjacent to an activating group) is 1. The molecule has 0 spiro atoms. The van der Waals surface area contributed by atoms with Gasteiger partial charge in [-0.1, -0.05) is 20.4 Å². The molecular weight excluding hydrogens is 388 g/mol. The Hall–Kier alpha value is -3.06. The molecule has 1 aromatic heterocycles. The van der Waals surface area contributed by atoms with Gasteiger partial charge in [-0.3, -0.25) is 4.79 Å². The maximum atomic E-state index is 12.9. The van der Waals surface area contributed by atoms with Gasteiger partial charge in [-0.2, -0.15) is 0 Å². The van der Waals surface area contributed by atoms with Crippen molar-refractivity contribution >= 4 is 23.0 Å². The number of fused-ring (bicyclic) bond motifs is 1. The Balaban J connectivity index is 2.18. The Kier molecular flexibility index (Phi) is 6.27. The van der Waals surface area contributed by atoms with Gasteiger partial charge in [0.2, 0.25) is 0 Å². The summed E-state index contributed by atoms with van der Waals surface area (Å²) >= 11 is 0. The van der Waals surface area contributed by atoms with Crippen molar-refractivity contribution in [2.24, 2.45) is 16.1 Å². The van der Waals surface area contributed by atoms with Gasteiger partial charge in [0.15, 0.2) is 5.78 Å². The molecule has 7 nitrogen and oxygen atoms in total. The summed E-state index contributed by atoms with van der Waals surface area (Å²) in [6.07, 6.45) is 4.83. The number of carbonyl (C=O) groups is 1. The summed E-state index contributed by atoms with van der Waals surface area (Å²) in [4.78, 5) is 19.1. The van der Waals surface area contributed by atoms with Crippen LogP contribution in [0, 0.1) is 12.3 Å². The number of rotatable bonds is 7. The molecule has 0 radical (unpaired) electrons. The molecule has 0 aliphatic heterocycles. The van der Waals surface area contributed by atoms with Crippen LogP contribution in [0.5, 0.6) is 0 Å². The third-order valence-electron chi connectivity index (χ3n) is 5.71. The molecule has 5 N–H and O–H groups in total. The fraction of sp³-hybridized carbons (Fsp3) is 0.417. The number of hydrogen-bond donors (Lipinski definition) is 3. The van der Waals surface area contributed by atoms with Crippen LogP contribution < -0.4 is 16.8 Å². The van der Waals surface area contributed by atoms with Crippen molar-refractivity contribution in [2.75, 3.05) is 38.2 Å². The summed E-state index contributed by atoms with van der Waals surface area (Å²) in [5.41, 5.74) is 18.4. The molecule has 1 aliphatic rings.